The second kappa shape index (κ2) is 10.7. The number of pyridine rings is 1. The minimum Gasteiger partial charge on any atom is -0.301 e. The van der Waals surface area contributed by atoms with Crippen molar-refractivity contribution in [1.82, 2.24) is 14.9 Å². The molecule has 2 N–H and O–H groups in total. The Bertz CT molecular complexity index is 1480. The number of rotatable bonds is 7. The molecule has 0 bridgehead atoms. The Hall–Kier alpha value is -4.16. The number of amides is 1. The van der Waals surface area contributed by atoms with Gasteiger partial charge in [-0.15, -0.1) is 0 Å². The zero-order chi connectivity index (χ0) is 27.5. The highest BCUT2D eigenvalue weighted by atomic mass is 19.4. The van der Waals surface area contributed by atoms with Crippen LogP contribution in [0.1, 0.15) is 16.7 Å². The second-order valence-corrected chi connectivity index (χ2v) is 7.98. The number of carbonyl (C=O) groups is 1. The molecule has 0 spiro atoms. The number of alkyl halides is 6. The average molecular weight is 534 g/mol. The van der Waals surface area contributed by atoms with Gasteiger partial charge in [0.1, 0.15) is 5.65 Å². The van der Waals surface area contributed by atoms with E-state index in [1.165, 1.54) is 22.7 Å². The largest absolute Gasteiger partial charge is 0.471 e. The lowest BCUT2D eigenvalue weighted by molar-refractivity contribution is -0.167. The summed E-state index contributed by atoms with van der Waals surface area (Å²) in [7, 11) is 1.59. The molecule has 0 aliphatic rings. The summed E-state index contributed by atoms with van der Waals surface area (Å²) in [5, 5.41) is 1.70. The fourth-order valence-electron chi connectivity index (χ4n) is 3.82. The van der Waals surface area contributed by atoms with E-state index in [4.69, 9.17) is 4.84 Å². The molecule has 0 atom stereocenters. The summed E-state index contributed by atoms with van der Waals surface area (Å²) in [4.78, 5) is 21.0. The minimum absolute atomic E-state index is 0.0919. The van der Waals surface area contributed by atoms with Crippen LogP contribution in [0.2, 0.25) is 0 Å². The highest BCUT2D eigenvalue weighted by Gasteiger charge is 2.40. The molecule has 38 heavy (non-hydrogen) atoms. The molecule has 1 amide bonds. The Morgan fingerprint density at radius 3 is 2.37 bits per heavy atom. The summed E-state index contributed by atoms with van der Waals surface area (Å²) >= 11 is 0. The summed E-state index contributed by atoms with van der Waals surface area (Å²) < 4.78 is 80.7. The molecule has 0 unspecified atom stereocenters. The van der Waals surface area contributed by atoms with Gasteiger partial charge in [0.15, 0.2) is 5.82 Å². The van der Waals surface area contributed by atoms with Gasteiger partial charge in [0.05, 0.1) is 17.9 Å². The third kappa shape index (κ3) is 5.87. The number of nitrogens with zero attached hydrogens (tertiary/aromatic N) is 2. The van der Waals surface area contributed by atoms with Crippen LogP contribution in [0.3, 0.4) is 0 Å². The second-order valence-electron chi connectivity index (χ2n) is 7.98. The number of fused-ring (bicyclic) bond motifs is 1. The minimum atomic E-state index is -5.23. The predicted octanol–water partition coefficient (Wildman–Crippen LogP) is 6.10. The third-order valence-electron chi connectivity index (χ3n) is 5.48. The molecule has 2 aromatic heterocycles. The molecular formula is C26H20F6N4O2. The molecule has 12 heteroatoms. The number of nitrogens with one attached hydrogen (secondary N) is 2. The van der Waals surface area contributed by atoms with Crippen molar-refractivity contribution in [3.8, 4) is 11.3 Å². The van der Waals surface area contributed by atoms with E-state index in [-0.39, 0.29) is 23.5 Å². The molecule has 198 valence electrons. The van der Waals surface area contributed by atoms with Crippen LogP contribution in [-0.4, -0.2) is 35.1 Å². The van der Waals surface area contributed by atoms with Crippen LogP contribution in [-0.2, 0) is 15.8 Å². The molecule has 2 aromatic carbocycles. The lowest BCUT2D eigenvalue weighted by atomic mass is 9.99. The van der Waals surface area contributed by atoms with Gasteiger partial charge in [-0.05, 0) is 47.0 Å². The number of benzene rings is 2. The van der Waals surface area contributed by atoms with Gasteiger partial charge >= 0.3 is 18.3 Å². The van der Waals surface area contributed by atoms with Crippen molar-refractivity contribution in [2.75, 3.05) is 19.0 Å². The Morgan fingerprint density at radius 1 is 0.974 bits per heavy atom. The van der Waals surface area contributed by atoms with Crippen molar-refractivity contribution in [3.63, 3.8) is 0 Å². The zero-order valence-corrected chi connectivity index (χ0v) is 19.7. The van der Waals surface area contributed by atoms with E-state index in [1.54, 1.807) is 24.5 Å². The zero-order valence-electron chi connectivity index (χ0n) is 19.7. The smallest absolute Gasteiger partial charge is 0.301 e. The van der Waals surface area contributed by atoms with E-state index in [0.29, 0.717) is 11.1 Å². The van der Waals surface area contributed by atoms with Crippen molar-refractivity contribution in [3.05, 3.63) is 95.7 Å². The molecule has 0 saturated carbocycles. The monoisotopic (exact) mass is 534 g/mol. The normalized spacial score (nSPS) is 12.7. The molecule has 0 saturated heterocycles. The quantitative estimate of drug-likeness (QED) is 0.171. The van der Waals surface area contributed by atoms with Gasteiger partial charge in [0.2, 0.25) is 0 Å². The summed E-state index contributed by atoms with van der Waals surface area (Å²) in [5.74, 6) is -2.84. The van der Waals surface area contributed by atoms with Crippen LogP contribution in [0.25, 0.3) is 22.5 Å². The first-order valence-electron chi connectivity index (χ1n) is 11.1. The van der Waals surface area contributed by atoms with Gasteiger partial charge in [-0.3, -0.25) is 14.0 Å². The lowest BCUT2D eigenvalue weighted by Gasteiger charge is -2.13. The standard InChI is InChI=1S/C26H20F6N4O2/c1-33-38-13-12-20(16-6-3-2-4-7-16)18-10-11-21-34-23(35-24(37)26(30,31)32)22(36(21)15-18)17-8-5-9-19(14-17)25(27,28)29/h2-12,14-15,33H,13H2,1H3,(H,35,37). The Balaban J connectivity index is 1.93. The van der Waals surface area contributed by atoms with Gasteiger partial charge in [-0.25, -0.2) is 10.5 Å². The predicted molar refractivity (Wildman–Crippen MR) is 129 cm³/mol. The van der Waals surface area contributed by atoms with E-state index < -0.39 is 29.6 Å². The fourth-order valence-corrected chi connectivity index (χ4v) is 3.82. The summed E-state index contributed by atoms with van der Waals surface area (Å²) in [6, 6.07) is 16.3. The van der Waals surface area contributed by atoms with Gasteiger partial charge in [-0.1, -0.05) is 42.5 Å². The number of hydroxylamine groups is 1. The molecule has 2 heterocycles. The van der Waals surface area contributed by atoms with E-state index in [9.17, 15) is 31.1 Å². The number of hydrogen-bond donors (Lipinski definition) is 2. The van der Waals surface area contributed by atoms with Crippen molar-refractivity contribution in [2.24, 2.45) is 0 Å². The van der Waals surface area contributed by atoms with Crippen molar-refractivity contribution in [1.29, 1.82) is 0 Å². The highest BCUT2D eigenvalue weighted by Crippen LogP contribution is 2.36. The SMILES string of the molecule is CNOCC=C(c1ccccc1)c1ccc2nc(NC(=O)C(F)(F)F)c(-c3cccc(C(F)(F)F)c3)n2c1. The number of hydrogen-bond acceptors (Lipinski definition) is 4. The topological polar surface area (TPSA) is 67.7 Å². The molecule has 4 aromatic rings. The van der Waals surface area contributed by atoms with Crippen molar-refractivity contribution < 1.29 is 36.0 Å². The lowest BCUT2D eigenvalue weighted by Crippen LogP contribution is -2.30. The molecule has 0 fully saturated rings. The number of anilines is 1. The first-order valence-corrected chi connectivity index (χ1v) is 11.1. The Labute approximate surface area is 212 Å². The average Bonchev–Trinajstić information content (AvgIpc) is 3.23. The maximum atomic E-state index is 13.4. The number of imidazole rings is 1. The van der Waals surface area contributed by atoms with Crippen molar-refractivity contribution >= 4 is 22.9 Å². The van der Waals surface area contributed by atoms with Gasteiger partial charge < -0.3 is 5.32 Å². The fraction of sp³-hybridized carbons (Fsp3) is 0.154. The molecule has 0 radical (unpaired) electrons. The van der Waals surface area contributed by atoms with Crippen LogP contribution >= 0.6 is 0 Å². The molecular weight excluding hydrogens is 514 g/mol. The van der Waals surface area contributed by atoms with E-state index >= 15 is 0 Å². The maximum Gasteiger partial charge on any atom is 0.471 e. The number of halogens is 6. The highest BCUT2D eigenvalue weighted by molar-refractivity contribution is 5.98. The van der Waals surface area contributed by atoms with E-state index in [2.05, 4.69) is 10.5 Å². The Morgan fingerprint density at radius 2 is 1.71 bits per heavy atom. The van der Waals surface area contributed by atoms with Crippen LogP contribution in [0, 0.1) is 0 Å². The number of carbonyl (C=O) groups excluding carboxylic acids is 1. The number of aromatic nitrogens is 2. The van der Waals surface area contributed by atoms with Crippen LogP contribution < -0.4 is 10.8 Å². The van der Waals surface area contributed by atoms with Gasteiger partial charge in [0, 0.05) is 18.8 Å². The first kappa shape index (κ1) is 26.9. The van der Waals surface area contributed by atoms with Crippen LogP contribution in [0.15, 0.2) is 79.0 Å². The van der Waals surface area contributed by atoms with Crippen LogP contribution in [0.4, 0.5) is 32.2 Å². The first-order chi connectivity index (χ1) is 18.0. The Kier molecular flexibility index (Phi) is 7.56. The summed E-state index contributed by atoms with van der Waals surface area (Å²) in [6.07, 6.45) is -6.64. The van der Waals surface area contributed by atoms with E-state index in [1.807, 2.05) is 30.3 Å². The van der Waals surface area contributed by atoms with Crippen LogP contribution in [0.5, 0.6) is 0 Å². The maximum absolute atomic E-state index is 13.4. The van der Waals surface area contributed by atoms with Gasteiger partial charge in [0.25, 0.3) is 0 Å². The third-order valence-corrected chi connectivity index (χ3v) is 5.48. The molecule has 6 nitrogen and oxygen atoms in total. The summed E-state index contributed by atoms with van der Waals surface area (Å²) in [6.45, 7) is 0.163. The molecule has 4 rings (SSSR count). The molecule has 0 aliphatic carbocycles. The van der Waals surface area contributed by atoms with Gasteiger partial charge in [-0.2, -0.15) is 26.3 Å². The van der Waals surface area contributed by atoms with E-state index in [0.717, 1.165) is 23.8 Å². The molecule has 0 aliphatic heterocycles. The van der Waals surface area contributed by atoms with Crippen molar-refractivity contribution in [2.45, 2.75) is 12.4 Å². The summed E-state index contributed by atoms with van der Waals surface area (Å²) in [5.41, 5.74) is 3.46.